The van der Waals surface area contributed by atoms with Gasteiger partial charge in [0.2, 0.25) is 15.9 Å². The van der Waals surface area contributed by atoms with Crippen molar-refractivity contribution < 1.29 is 13.2 Å². The summed E-state index contributed by atoms with van der Waals surface area (Å²) in [6.45, 7) is 4.92. The SMILES string of the molecule is CC(C)[C@H](N)C(=O)N1CCC(NS(=O)(=O)c2cccs2)CC1. The molecule has 1 amide bonds. The minimum absolute atomic E-state index is 0.0467. The van der Waals surface area contributed by atoms with Gasteiger partial charge >= 0.3 is 0 Å². The molecule has 0 bridgehead atoms. The number of hydrogen-bond acceptors (Lipinski definition) is 5. The number of thiophene rings is 1. The highest BCUT2D eigenvalue weighted by molar-refractivity contribution is 7.91. The van der Waals surface area contributed by atoms with Gasteiger partial charge in [0.1, 0.15) is 4.21 Å². The van der Waals surface area contributed by atoms with Gasteiger partial charge in [0.25, 0.3) is 0 Å². The van der Waals surface area contributed by atoms with Gasteiger partial charge in [-0.15, -0.1) is 11.3 Å². The van der Waals surface area contributed by atoms with Gasteiger partial charge in [-0.05, 0) is 30.2 Å². The van der Waals surface area contributed by atoms with Crippen molar-refractivity contribution in [1.29, 1.82) is 0 Å². The first-order valence-electron chi connectivity index (χ1n) is 7.41. The lowest BCUT2D eigenvalue weighted by Gasteiger charge is -2.34. The number of nitrogens with one attached hydrogen (secondary N) is 1. The first kappa shape index (κ1) is 17.4. The van der Waals surface area contributed by atoms with E-state index in [1.54, 1.807) is 22.4 Å². The van der Waals surface area contributed by atoms with E-state index >= 15 is 0 Å². The third-order valence-electron chi connectivity index (χ3n) is 3.89. The maximum atomic E-state index is 12.2. The Labute approximate surface area is 135 Å². The number of hydrogen-bond donors (Lipinski definition) is 2. The van der Waals surface area contributed by atoms with Crippen molar-refractivity contribution in [3.63, 3.8) is 0 Å². The Bertz CT molecular complexity index is 591. The Balaban J connectivity index is 1.89. The number of nitrogens with zero attached hydrogens (tertiary/aromatic N) is 1. The van der Waals surface area contributed by atoms with Crippen molar-refractivity contribution in [3.05, 3.63) is 17.5 Å². The molecule has 1 aliphatic heterocycles. The van der Waals surface area contributed by atoms with Crippen LogP contribution in [-0.4, -0.2) is 44.4 Å². The van der Waals surface area contributed by atoms with E-state index in [4.69, 9.17) is 5.73 Å². The van der Waals surface area contributed by atoms with Gasteiger partial charge in [-0.2, -0.15) is 0 Å². The van der Waals surface area contributed by atoms with Crippen LogP contribution < -0.4 is 10.5 Å². The van der Waals surface area contributed by atoms with Crippen LogP contribution in [0.2, 0.25) is 0 Å². The molecule has 2 rings (SSSR count). The van der Waals surface area contributed by atoms with Gasteiger partial charge in [-0.25, -0.2) is 13.1 Å². The molecule has 2 heterocycles. The Hall–Kier alpha value is -0.960. The molecule has 1 saturated heterocycles. The van der Waals surface area contributed by atoms with Crippen LogP contribution in [0.15, 0.2) is 21.7 Å². The van der Waals surface area contributed by atoms with Crippen LogP contribution in [-0.2, 0) is 14.8 Å². The summed E-state index contributed by atoms with van der Waals surface area (Å²) in [7, 11) is -3.44. The Morgan fingerprint density at radius 3 is 2.55 bits per heavy atom. The lowest BCUT2D eigenvalue weighted by molar-refractivity contribution is -0.134. The molecule has 0 radical (unpaired) electrons. The predicted molar refractivity (Wildman–Crippen MR) is 87.1 cm³/mol. The van der Waals surface area contributed by atoms with Crippen LogP contribution in [0.1, 0.15) is 26.7 Å². The molecule has 1 aliphatic rings. The van der Waals surface area contributed by atoms with Crippen LogP contribution in [0.3, 0.4) is 0 Å². The van der Waals surface area contributed by atoms with Crippen LogP contribution in [0.5, 0.6) is 0 Å². The molecule has 1 aromatic rings. The van der Waals surface area contributed by atoms with E-state index in [1.165, 1.54) is 11.3 Å². The maximum absolute atomic E-state index is 12.2. The van der Waals surface area contributed by atoms with Gasteiger partial charge in [-0.1, -0.05) is 19.9 Å². The second-order valence-electron chi connectivity index (χ2n) is 5.92. The summed E-state index contributed by atoms with van der Waals surface area (Å²) in [5, 5.41) is 1.74. The van der Waals surface area contributed by atoms with E-state index in [9.17, 15) is 13.2 Å². The van der Waals surface area contributed by atoms with E-state index in [-0.39, 0.29) is 17.9 Å². The molecule has 3 N–H and O–H groups in total. The average Bonchev–Trinajstić information content (AvgIpc) is 3.01. The van der Waals surface area contributed by atoms with Crippen molar-refractivity contribution in [2.45, 2.75) is 43.0 Å². The van der Waals surface area contributed by atoms with Gasteiger partial charge in [0, 0.05) is 19.1 Å². The number of piperidine rings is 1. The number of amides is 1. The molecule has 1 atom stereocenters. The summed E-state index contributed by atoms with van der Waals surface area (Å²) in [6.07, 6.45) is 1.22. The van der Waals surface area contributed by atoms with Crippen molar-refractivity contribution in [1.82, 2.24) is 9.62 Å². The topological polar surface area (TPSA) is 92.5 Å². The first-order valence-corrected chi connectivity index (χ1v) is 9.77. The van der Waals surface area contributed by atoms with E-state index < -0.39 is 16.1 Å². The summed E-state index contributed by atoms with van der Waals surface area (Å²) in [5.74, 6) is 0.0529. The fraction of sp³-hybridized carbons (Fsp3) is 0.643. The van der Waals surface area contributed by atoms with Gasteiger partial charge in [0.05, 0.1) is 6.04 Å². The maximum Gasteiger partial charge on any atom is 0.250 e. The number of nitrogens with two attached hydrogens (primary N) is 1. The van der Waals surface area contributed by atoms with E-state index in [1.807, 2.05) is 13.8 Å². The monoisotopic (exact) mass is 345 g/mol. The Morgan fingerprint density at radius 1 is 1.41 bits per heavy atom. The second-order valence-corrected chi connectivity index (χ2v) is 8.81. The molecule has 0 saturated carbocycles. The lowest BCUT2D eigenvalue weighted by Crippen LogP contribution is -2.52. The molecule has 8 heteroatoms. The number of carbonyl (C=O) groups is 1. The van der Waals surface area contributed by atoms with Crippen molar-refractivity contribution >= 4 is 27.3 Å². The summed E-state index contributed by atoms with van der Waals surface area (Å²) < 4.78 is 27.4. The smallest absolute Gasteiger partial charge is 0.250 e. The predicted octanol–water partition coefficient (Wildman–Crippen LogP) is 1.00. The third-order valence-corrected chi connectivity index (χ3v) is 6.81. The molecule has 0 spiro atoms. The highest BCUT2D eigenvalue weighted by Gasteiger charge is 2.29. The molecule has 22 heavy (non-hydrogen) atoms. The molecule has 0 unspecified atom stereocenters. The Morgan fingerprint density at radius 2 is 2.05 bits per heavy atom. The summed E-state index contributed by atoms with van der Waals surface area (Å²) in [4.78, 5) is 13.9. The van der Waals surface area contributed by atoms with Crippen LogP contribution in [0.4, 0.5) is 0 Å². The van der Waals surface area contributed by atoms with Gasteiger partial charge in [-0.3, -0.25) is 4.79 Å². The Kier molecular flexibility index (Phi) is 5.60. The molecule has 1 aromatic heterocycles. The average molecular weight is 345 g/mol. The van der Waals surface area contributed by atoms with E-state index in [0.717, 1.165) is 0 Å². The molecular weight excluding hydrogens is 322 g/mol. The fourth-order valence-electron chi connectivity index (χ4n) is 2.41. The molecule has 1 fully saturated rings. The number of sulfonamides is 1. The lowest BCUT2D eigenvalue weighted by atomic mass is 10.0. The molecule has 124 valence electrons. The summed E-state index contributed by atoms with van der Waals surface area (Å²) in [5.41, 5.74) is 5.89. The molecule has 0 aromatic carbocycles. The van der Waals surface area contributed by atoms with Crippen molar-refractivity contribution in [3.8, 4) is 0 Å². The zero-order valence-corrected chi connectivity index (χ0v) is 14.5. The van der Waals surface area contributed by atoms with Crippen molar-refractivity contribution in [2.75, 3.05) is 13.1 Å². The minimum Gasteiger partial charge on any atom is -0.341 e. The highest BCUT2D eigenvalue weighted by Crippen LogP contribution is 2.19. The fourth-order valence-corrected chi connectivity index (χ4v) is 4.72. The second kappa shape index (κ2) is 7.08. The number of rotatable bonds is 5. The highest BCUT2D eigenvalue weighted by atomic mass is 32.2. The van der Waals surface area contributed by atoms with Crippen LogP contribution >= 0.6 is 11.3 Å². The molecular formula is C14H23N3O3S2. The summed E-state index contributed by atoms with van der Waals surface area (Å²) in [6, 6.07) is 2.69. The van der Waals surface area contributed by atoms with Gasteiger partial charge < -0.3 is 10.6 Å². The molecule has 6 nitrogen and oxygen atoms in total. The number of likely N-dealkylation sites (tertiary alicyclic amines) is 1. The quantitative estimate of drug-likeness (QED) is 0.833. The normalized spacial score (nSPS) is 18.6. The largest absolute Gasteiger partial charge is 0.341 e. The van der Waals surface area contributed by atoms with E-state index in [0.29, 0.717) is 30.1 Å². The first-order chi connectivity index (χ1) is 10.3. The third kappa shape index (κ3) is 4.07. The van der Waals surface area contributed by atoms with Crippen LogP contribution in [0, 0.1) is 5.92 Å². The minimum atomic E-state index is -3.44. The molecule has 0 aliphatic carbocycles. The van der Waals surface area contributed by atoms with Crippen LogP contribution in [0.25, 0.3) is 0 Å². The number of carbonyl (C=O) groups excluding carboxylic acids is 1. The zero-order chi connectivity index (χ0) is 16.3. The summed E-state index contributed by atoms with van der Waals surface area (Å²) >= 11 is 1.20. The van der Waals surface area contributed by atoms with E-state index in [2.05, 4.69) is 4.72 Å². The zero-order valence-electron chi connectivity index (χ0n) is 12.9. The van der Waals surface area contributed by atoms with Crippen molar-refractivity contribution in [2.24, 2.45) is 11.7 Å². The van der Waals surface area contributed by atoms with Gasteiger partial charge in [0.15, 0.2) is 0 Å². The standard InChI is InChI=1S/C14H23N3O3S2/c1-10(2)13(15)14(18)17-7-5-11(6-8-17)16-22(19,20)12-4-3-9-21-12/h3-4,9-11,13,16H,5-8,15H2,1-2H3/t13-/m0/s1.